The van der Waals surface area contributed by atoms with E-state index in [1.165, 1.54) is 6.07 Å². The zero-order chi connectivity index (χ0) is 20.8. The largest absolute Gasteiger partial charge is 0.324 e. The SMILES string of the molecule is Cc1cc(C)c(NC(=O)CN(C)CC(=O)Nc2cc(Cl)ccc2C#N)c(C)c1. The first-order chi connectivity index (χ1) is 13.2. The average molecular weight is 399 g/mol. The minimum Gasteiger partial charge on any atom is -0.324 e. The van der Waals surface area contributed by atoms with Gasteiger partial charge >= 0.3 is 0 Å². The van der Waals surface area contributed by atoms with E-state index in [0.29, 0.717) is 16.3 Å². The van der Waals surface area contributed by atoms with Crippen LogP contribution in [0.3, 0.4) is 0 Å². The van der Waals surface area contributed by atoms with Crippen LogP contribution in [0.1, 0.15) is 22.3 Å². The highest BCUT2D eigenvalue weighted by Crippen LogP contribution is 2.22. The Morgan fingerprint density at radius 2 is 1.61 bits per heavy atom. The Labute approximate surface area is 170 Å². The summed E-state index contributed by atoms with van der Waals surface area (Å²) in [5.74, 6) is -0.539. The van der Waals surface area contributed by atoms with Crippen LogP contribution in [0.2, 0.25) is 5.02 Å². The Morgan fingerprint density at radius 3 is 2.18 bits per heavy atom. The zero-order valence-electron chi connectivity index (χ0n) is 16.4. The number of halogens is 1. The fourth-order valence-corrected chi connectivity index (χ4v) is 3.18. The predicted octanol–water partition coefficient (Wildman–Crippen LogP) is 3.65. The number of likely N-dealkylation sites (N-methyl/N-ethyl adjacent to an activating group) is 1. The van der Waals surface area contributed by atoms with Crippen molar-refractivity contribution in [3.63, 3.8) is 0 Å². The standard InChI is InChI=1S/C21H23ClN4O2/c1-13-7-14(2)21(15(3)8-13)25-20(28)12-26(4)11-19(27)24-18-9-17(22)6-5-16(18)10-23/h5-9H,11-12H2,1-4H3,(H,24,27)(H,25,28). The van der Waals surface area contributed by atoms with E-state index in [0.717, 1.165) is 22.4 Å². The van der Waals surface area contributed by atoms with Crippen molar-refractivity contribution < 1.29 is 9.59 Å². The molecule has 0 spiro atoms. The zero-order valence-corrected chi connectivity index (χ0v) is 17.1. The normalized spacial score (nSPS) is 10.5. The summed E-state index contributed by atoms with van der Waals surface area (Å²) in [7, 11) is 1.68. The molecule has 0 aliphatic rings. The van der Waals surface area contributed by atoms with Crippen LogP contribution in [0, 0.1) is 32.1 Å². The van der Waals surface area contributed by atoms with Crippen LogP contribution in [-0.4, -0.2) is 36.9 Å². The Bertz CT molecular complexity index is 927. The molecule has 146 valence electrons. The third kappa shape index (κ3) is 5.81. The van der Waals surface area contributed by atoms with Gasteiger partial charge in [-0.15, -0.1) is 0 Å². The van der Waals surface area contributed by atoms with Crippen molar-refractivity contribution in [1.29, 1.82) is 5.26 Å². The van der Waals surface area contributed by atoms with Gasteiger partial charge < -0.3 is 10.6 Å². The van der Waals surface area contributed by atoms with E-state index in [1.54, 1.807) is 24.1 Å². The van der Waals surface area contributed by atoms with E-state index < -0.39 is 0 Å². The molecule has 2 rings (SSSR count). The fraction of sp³-hybridized carbons (Fsp3) is 0.286. The van der Waals surface area contributed by atoms with Gasteiger partial charge in [0.15, 0.2) is 0 Å². The summed E-state index contributed by atoms with van der Waals surface area (Å²) in [6.45, 7) is 5.96. The molecule has 2 aromatic rings. The summed E-state index contributed by atoms with van der Waals surface area (Å²) in [6.07, 6.45) is 0. The van der Waals surface area contributed by atoms with Gasteiger partial charge in [-0.25, -0.2) is 0 Å². The van der Waals surface area contributed by atoms with Gasteiger partial charge in [0.25, 0.3) is 0 Å². The lowest BCUT2D eigenvalue weighted by molar-refractivity contribution is -0.119. The number of amides is 2. The summed E-state index contributed by atoms with van der Waals surface area (Å²) in [5, 5.41) is 15.1. The lowest BCUT2D eigenvalue weighted by Gasteiger charge is -2.18. The quantitative estimate of drug-likeness (QED) is 0.777. The highest BCUT2D eigenvalue weighted by molar-refractivity contribution is 6.31. The molecule has 0 aliphatic heterocycles. The van der Waals surface area contributed by atoms with Crippen LogP contribution in [-0.2, 0) is 9.59 Å². The second-order valence-corrected chi connectivity index (χ2v) is 7.28. The molecule has 0 radical (unpaired) electrons. The smallest absolute Gasteiger partial charge is 0.238 e. The van der Waals surface area contributed by atoms with Crippen LogP contribution < -0.4 is 10.6 Å². The number of nitrogens with one attached hydrogen (secondary N) is 2. The van der Waals surface area contributed by atoms with Crippen molar-refractivity contribution in [3.8, 4) is 6.07 Å². The first kappa shape index (κ1) is 21.4. The maximum atomic E-state index is 12.4. The molecular formula is C21H23ClN4O2. The number of hydrogen-bond donors (Lipinski definition) is 2. The highest BCUT2D eigenvalue weighted by atomic mass is 35.5. The third-order valence-corrected chi connectivity index (χ3v) is 4.38. The molecule has 0 fully saturated rings. The van der Waals surface area contributed by atoms with Crippen LogP contribution in [0.15, 0.2) is 30.3 Å². The lowest BCUT2D eigenvalue weighted by Crippen LogP contribution is -2.36. The highest BCUT2D eigenvalue weighted by Gasteiger charge is 2.14. The minimum atomic E-state index is -0.336. The lowest BCUT2D eigenvalue weighted by atomic mass is 10.1. The molecule has 0 unspecified atom stereocenters. The molecule has 0 bridgehead atoms. The molecule has 0 aliphatic carbocycles. The number of benzene rings is 2. The van der Waals surface area contributed by atoms with Gasteiger partial charge in [0, 0.05) is 10.7 Å². The van der Waals surface area contributed by atoms with Crippen LogP contribution in [0.5, 0.6) is 0 Å². The van der Waals surface area contributed by atoms with E-state index in [2.05, 4.69) is 10.6 Å². The number of rotatable bonds is 6. The molecule has 6 nitrogen and oxygen atoms in total. The van der Waals surface area contributed by atoms with Crippen molar-refractivity contribution in [2.75, 3.05) is 30.8 Å². The predicted molar refractivity (Wildman–Crippen MR) is 112 cm³/mol. The summed E-state index contributed by atoms with van der Waals surface area (Å²) < 4.78 is 0. The van der Waals surface area contributed by atoms with E-state index >= 15 is 0 Å². The van der Waals surface area contributed by atoms with Crippen molar-refractivity contribution >= 4 is 34.8 Å². The molecular weight excluding hydrogens is 376 g/mol. The fourth-order valence-electron chi connectivity index (χ4n) is 3.01. The number of aryl methyl sites for hydroxylation is 3. The van der Waals surface area contributed by atoms with E-state index in [9.17, 15) is 9.59 Å². The summed E-state index contributed by atoms with van der Waals surface area (Å²) in [5.41, 5.74) is 4.60. The third-order valence-electron chi connectivity index (χ3n) is 4.14. The molecule has 0 atom stereocenters. The van der Waals surface area contributed by atoms with E-state index in [4.69, 9.17) is 16.9 Å². The molecule has 0 saturated carbocycles. The van der Waals surface area contributed by atoms with Crippen molar-refractivity contribution in [2.24, 2.45) is 0 Å². The van der Waals surface area contributed by atoms with Gasteiger partial charge in [-0.3, -0.25) is 14.5 Å². The summed E-state index contributed by atoms with van der Waals surface area (Å²) >= 11 is 5.92. The van der Waals surface area contributed by atoms with E-state index in [1.807, 2.05) is 39.0 Å². The maximum absolute atomic E-state index is 12.4. The van der Waals surface area contributed by atoms with Crippen LogP contribution in [0.25, 0.3) is 0 Å². The first-order valence-electron chi connectivity index (χ1n) is 8.75. The minimum absolute atomic E-state index is 0.00331. The van der Waals surface area contributed by atoms with Crippen LogP contribution >= 0.6 is 11.6 Å². The number of anilines is 2. The Balaban J connectivity index is 1.94. The number of carbonyl (C=O) groups excluding carboxylic acids is 2. The first-order valence-corrected chi connectivity index (χ1v) is 9.13. The van der Waals surface area contributed by atoms with Crippen LogP contribution in [0.4, 0.5) is 11.4 Å². The number of nitrogens with zero attached hydrogens (tertiary/aromatic N) is 2. The van der Waals surface area contributed by atoms with Gasteiger partial charge in [0.1, 0.15) is 6.07 Å². The van der Waals surface area contributed by atoms with Crippen molar-refractivity contribution in [3.05, 3.63) is 57.6 Å². The second kappa shape index (κ2) is 9.36. The number of hydrogen-bond acceptors (Lipinski definition) is 4. The molecule has 0 saturated heterocycles. The number of carbonyl (C=O) groups is 2. The molecule has 0 heterocycles. The molecule has 7 heteroatoms. The van der Waals surface area contributed by atoms with Gasteiger partial charge in [0.2, 0.25) is 11.8 Å². The Morgan fingerprint density at radius 1 is 1.04 bits per heavy atom. The van der Waals surface area contributed by atoms with Crippen molar-refractivity contribution in [1.82, 2.24) is 4.90 Å². The summed E-state index contributed by atoms with van der Waals surface area (Å²) in [4.78, 5) is 26.2. The molecule has 2 amide bonds. The van der Waals surface area contributed by atoms with Gasteiger partial charge in [-0.1, -0.05) is 29.3 Å². The Hall–Kier alpha value is -2.88. The topological polar surface area (TPSA) is 85.2 Å². The second-order valence-electron chi connectivity index (χ2n) is 6.84. The molecule has 0 aromatic heterocycles. The summed E-state index contributed by atoms with van der Waals surface area (Å²) in [6, 6.07) is 10.7. The van der Waals surface area contributed by atoms with Gasteiger partial charge in [-0.2, -0.15) is 5.26 Å². The van der Waals surface area contributed by atoms with Gasteiger partial charge in [-0.05, 0) is 57.1 Å². The average Bonchev–Trinajstić information content (AvgIpc) is 2.58. The molecule has 28 heavy (non-hydrogen) atoms. The Kier molecular flexibility index (Phi) is 7.16. The molecule has 2 N–H and O–H groups in total. The van der Waals surface area contributed by atoms with Gasteiger partial charge in [0.05, 0.1) is 24.3 Å². The molecule has 2 aromatic carbocycles. The number of nitriles is 1. The van der Waals surface area contributed by atoms with E-state index in [-0.39, 0.29) is 24.9 Å². The van der Waals surface area contributed by atoms with Crippen molar-refractivity contribution in [2.45, 2.75) is 20.8 Å². The maximum Gasteiger partial charge on any atom is 0.238 e. The monoisotopic (exact) mass is 398 g/mol.